The van der Waals surface area contributed by atoms with Gasteiger partial charge in [-0.15, -0.1) is 0 Å². The highest BCUT2D eigenvalue weighted by atomic mass is 35.5. The second-order valence-electron chi connectivity index (χ2n) is 4.52. The molecule has 0 aliphatic rings. The van der Waals surface area contributed by atoms with E-state index < -0.39 is 11.9 Å². The van der Waals surface area contributed by atoms with E-state index in [4.69, 9.17) is 63.3 Å². The van der Waals surface area contributed by atoms with Gasteiger partial charge in [-0.3, -0.25) is 0 Å². The molecule has 24 heavy (non-hydrogen) atoms. The van der Waals surface area contributed by atoms with Crippen LogP contribution in [-0.4, -0.2) is 4.98 Å². The van der Waals surface area contributed by atoms with Crippen LogP contribution in [0.5, 0.6) is 0 Å². The van der Waals surface area contributed by atoms with Crippen molar-refractivity contribution in [3.63, 3.8) is 0 Å². The van der Waals surface area contributed by atoms with E-state index in [2.05, 4.69) is 4.98 Å². The van der Waals surface area contributed by atoms with Crippen LogP contribution in [-0.2, 0) is 12.6 Å². The fraction of sp³-hybridized carbons (Fsp3) is 0.143. The van der Waals surface area contributed by atoms with Gasteiger partial charge in [0.25, 0.3) is 0 Å². The van der Waals surface area contributed by atoms with Gasteiger partial charge < -0.3 is 0 Å². The Hall–Kier alpha value is -0.900. The van der Waals surface area contributed by atoms with Gasteiger partial charge >= 0.3 is 6.18 Å². The van der Waals surface area contributed by atoms with Crippen molar-refractivity contribution in [2.75, 3.05) is 0 Å². The minimum Gasteiger partial charge on any atom is -0.243 e. The van der Waals surface area contributed by atoms with E-state index in [1.165, 1.54) is 6.07 Å². The zero-order valence-electron chi connectivity index (χ0n) is 11.3. The standard InChI is InChI=1S/C14H4Cl5F3N2/c15-9-8(10(16)12(18)13(19)11(9)17)6-3-5(1-2-23)4-7(24-6)14(20,21)22/h3-4H,1H2. The second kappa shape index (κ2) is 7.15. The van der Waals surface area contributed by atoms with Gasteiger partial charge in [0.15, 0.2) is 0 Å². The smallest absolute Gasteiger partial charge is 0.243 e. The van der Waals surface area contributed by atoms with E-state index in [0.29, 0.717) is 0 Å². The number of nitrogens with zero attached hydrogens (tertiary/aromatic N) is 2. The summed E-state index contributed by atoms with van der Waals surface area (Å²) in [6, 6.07) is 3.80. The highest BCUT2D eigenvalue weighted by Gasteiger charge is 2.34. The molecule has 126 valence electrons. The van der Waals surface area contributed by atoms with Crippen molar-refractivity contribution in [3.05, 3.63) is 48.5 Å². The van der Waals surface area contributed by atoms with Gasteiger partial charge in [0.05, 0.1) is 43.3 Å². The SMILES string of the molecule is N#CCc1cc(-c2c(Cl)c(Cl)c(Cl)c(Cl)c2Cl)nc(C(F)(F)F)c1. The molecule has 0 spiro atoms. The maximum Gasteiger partial charge on any atom is 0.433 e. The Labute approximate surface area is 159 Å². The lowest BCUT2D eigenvalue weighted by Gasteiger charge is -2.15. The summed E-state index contributed by atoms with van der Waals surface area (Å²) >= 11 is 29.8. The van der Waals surface area contributed by atoms with Crippen molar-refractivity contribution in [1.29, 1.82) is 5.26 Å². The van der Waals surface area contributed by atoms with Crippen LogP contribution in [0, 0.1) is 11.3 Å². The molecule has 0 saturated heterocycles. The molecule has 2 aromatic rings. The van der Waals surface area contributed by atoms with Crippen LogP contribution in [0.1, 0.15) is 11.3 Å². The number of nitriles is 1. The van der Waals surface area contributed by atoms with Crippen LogP contribution in [0.2, 0.25) is 25.1 Å². The summed E-state index contributed by atoms with van der Waals surface area (Å²) in [4.78, 5) is 3.53. The molecule has 0 fully saturated rings. The summed E-state index contributed by atoms with van der Waals surface area (Å²) in [7, 11) is 0. The minimum atomic E-state index is -4.72. The third-order valence-electron chi connectivity index (χ3n) is 2.92. The molecule has 0 bridgehead atoms. The lowest BCUT2D eigenvalue weighted by atomic mass is 10.1. The molecule has 1 aromatic heterocycles. The normalized spacial score (nSPS) is 11.5. The highest BCUT2D eigenvalue weighted by molar-refractivity contribution is 6.56. The number of halogens is 8. The first-order valence-electron chi connectivity index (χ1n) is 6.04. The number of benzene rings is 1. The molecule has 2 rings (SSSR count). The van der Waals surface area contributed by atoms with Crippen LogP contribution in [0.3, 0.4) is 0 Å². The average Bonchev–Trinajstić information content (AvgIpc) is 2.50. The van der Waals surface area contributed by atoms with Gasteiger partial charge in [0, 0.05) is 5.56 Å². The maximum absolute atomic E-state index is 13.0. The van der Waals surface area contributed by atoms with Crippen molar-refractivity contribution < 1.29 is 13.2 Å². The molecule has 0 aliphatic heterocycles. The molecule has 0 amide bonds. The molecular weight excluding hydrogens is 430 g/mol. The summed E-state index contributed by atoms with van der Waals surface area (Å²) < 4.78 is 39.1. The molecule has 1 heterocycles. The van der Waals surface area contributed by atoms with Crippen LogP contribution in [0.15, 0.2) is 12.1 Å². The van der Waals surface area contributed by atoms with Gasteiger partial charge in [-0.2, -0.15) is 18.4 Å². The predicted octanol–water partition coefficient (Wildman–Crippen LogP) is 7.10. The first-order chi connectivity index (χ1) is 11.1. The number of alkyl halides is 3. The Kier molecular flexibility index (Phi) is 5.79. The third kappa shape index (κ3) is 3.68. The van der Waals surface area contributed by atoms with E-state index in [1.807, 2.05) is 0 Å². The largest absolute Gasteiger partial charge is 0.433 e. The Morgan fingerprint density at radius 2 is 1.42 bits per heavy atom. The molecule has 0 saturated carbocycles. The molecule has 1 aromatic carbocycles. The zero-order chi connectivity index (χ0) is 18.2. The molecule has 2 nitrogen and oxygen atoms in total. The lowest BCUT2D eigenvalue weighted by molar-refractivity contribution is -0.141. The molecule has 0 unspecified atom stereocenters. The van der Waals surface area contributed by atoms with Gasteiger partial charge in [0.1, 0.15) is 5.69 Å². The molecule has 0 aliphatic carbocycles. The van der Waals surface area contributed by atoms with Crippen molar-refractivity contribution in [3.8, 4) is 17.3 Å². The minimum absolute atomic E-state index is 0.0872. The van der Waals surface area contributed by atoms with E-state index in [9.17, 15) is 13.2 Å². The predicted molar refractivity (Wildman–Crippen MR) is 89.0 cm³/mol. The summed E-state index contributed by atoms with van der Waals surface area (Å²) in [5.41, 5.74) is -1.42. The third-order valence-corrected chi connectivity index (χ3v) is 5.20. The topological polar surface area (TPSA) is 36.7 Å². The maximum atomic E-state index is 13.0. The van der Waals surface area contributed by atoms with Crippen molar-refractivity contribution in [2.45, 2.75) is 12.6 Å². The van der Waals surface area contributed by atoms with Crippen molar-refractivity contribution in [2.24, 2.45) is 0 Å². The second-order valence-corrected chi connectivity index (χ2v) is 6.41. The van der Waals surface area contributed by atoms with Crippen LogP contribution < -0.4 is 0 Å². The first kappa shape index (κ1) is 19.4. The number of hydrogen-bond acceptors (Lipinski definition) is 2. The zero-order valence-corrected chi connectivity index (χ0v) is 15.1. The van der Waals surface area contributed by atoms with E-state index in [1.54, 1.807) is 6.07 Å². The Bertz CT molecular complexity index is 830. The molecule has 0 radical (unpaired) electrons. The molecular formula is C14H4Cl5F3N2. The summed E-state index contributed by atoms with van der Waals surface area (Å²) in [5, 5.41) is 7.92. The van der Waals surface area contributed by atoms with Gasteiger partial charge in [0.2, 0.25) is 0 Å². The van der Waals surface area contributed by atoms with E-state index in [0.717, 1.165) is 6.07 Å². The summed E-state index contributed by atoms with van der Waals surface area (Å²) in [6.45, 7) is 0. The molecule has 0 atom stereocenters. The summed E-state index contributed by atoms with van der Waals surface area (Å²) in [6.07, 6.45) is -4.98. The monoisotopic (exact) mass is 432 g/mol. The fourth-order valence-corrected chi connectivity index (χ4v) is 3.22. The number of hydrogen-bond donors (Lipinski definition) is 0. The van der Waals surface area contributed by atoms with Gasteiger partial charge in [-0.05, 0) is 17.7 Å². The lowest BCUT2D eigenvalue weighted by Crippen LogP contribution is -2.10. The van der Waals surface area contributed by atoms with Crippen molar-refractivity contribution in [1.82, 2.24) is 4.98 Å². The molecule has 0 N–H and O–H groups in total. The van der Waals surface area contributed by atoms with Crippen LogP contribution >= 0.6 is 58.0 Å². The Morgan fingerprint density at radius 1 is 0.917 bits per heavy atom. The van der Waals surface area contributed by atoms with Gasteiger partial charge in [-0.1, -0.05) is 58.0 Å². The number of rotatable bonds is 2. The summed E-state index contributed by atoms with van der Waals surface area (Å²) in [5.74, 6) is 0. The van der Waals surface area contributed by atoms with Crippen LogP contribution in [0.4, 0.5) is 13.2 Å². The van der Waals surface area contributed by atoms with E-state index in [-0.39, 0.29) is 48.4 Å². The van der Waals surface area contributed by atoms with E-state index >= 15 is 0 Å². The van der Waals surface area contributed by atoms with Crippen LogP contribution in [0.25, 0.3) is 11.3 Å². The average molecular weight is 434 g/mol. The number of aromatic nitrogens is 1. The Morgan fingerprint density at radius 3 is 1.88 bits per heavy atom. The molecule has 10 heteroatoms. The fourth-order valence-electron chi connectivity index (χ4n) is 1.88. The first-order valence-corrected chi connectivity index (χ1v) is 7.93. The highest BCUT2D eigenvalue weighted by Crippen LogP contribution is 2.48. The van der Waals surface area contributed by atoms with Crippen molar-refractivity contribution >= 4 is 58.0 Å². The number of pyridine rings is 1. The quantitative estimate of drug-likeness (QED) is 0.373. The Balaban J connectivity index is 2.83. The van der Waals surface area contributed by atoms with Gasteiger partial charge in [-0.25, -0.2) is 4.98 Å².